The number of nitrogens with one attached hydrogen (secondary N) is 1. The van der Waals surface area contributed by atoms with Gasteiger partial charge in [-0.05, 0) is 55.5 Å². The molecule has 0 unspecified atom stereocenters. The first kappa shape index (κ1) is 20.8. The second-order valence-corrected chi connectivity index (χ2v) is 7.23. The third-order valence-corrected chi connectivity index (χ3v) is 4.45. The number of ketones is 1. The van der Waals surface area contributed by atoms with Crippen LogP contribution in [-0.4, -0.2) is 23.0 Å². The summed E-state index contributed by atoms with van der Waals surface area (Å²) in [5, 5.41) is 2.67. The topological polar surface area (TPSA) is 68.3 Å². The van der Waals surface area contributed by atoms with E-state index in [1.807, 2.05) is 0 Å². The second kappa shape index (κ2) is 8.63. The van der Waals surface area contributed by atoms with Gasteiger partial charge in [0, 0.05) is 36.3 Å². The van der Waals surface area contributed by atoms with Crippen molar-refractivity contribution in [3.63, 3.8) is 0 Å². The van der Waals surface area contributed by atoms with E-state index in [0.29, 0.717) is 34.9 Å². The molecule has 2 aromatic rings. The Kier molecular flexibility index (Phi) is 6.20. The minimum Gasteiger partial charge on any atom is -0.406 e. The van der Waals surface area contributed by atoms with Gasteiger partial charge in [0.2, 0.25) is 0 Å². The Morgan fingerprint density at radius 1 is 1.21 bits per heavy atom. The third kappa shape index (κ3) is 6.89. The third-order valence-electron chi connectivity index (χ3n) is 4.45. The Hall–Kier alpha value is -2.90. The molecule has 0 radical (unpaired) electrons. The average Bonchev–Trinajstić information content (AvgIpc) is 3.41. The van der Waals surface area contributed by atoms with E-state index in [1.165, 1.54) is 18.2 Å². The first-order chi connectivity index (χ1) is 13.7. The number of amides is 1. The molecule has 1 saturated carbocycles. The van der Waals surface area contributed by atoms with Gasteiger partial charge >= 0.3 is 6.36 Å². The lowest BCUT2D eigenvalue weighted by Crippen LogP contribution is -2.23. The Morgan fingerprint density at radius 2 is 1.97 bits per heavy atom. The van der Waals surface area contributed by atoms with Gasteiger partial charge in [-0.3, -0.25) is 14.6 Å². The second-order valence-electron chi connectivity index (χ2n) is 7.23. The maximum atomic E-state index is 12.5. The molecule has 1 N–H and O–H groups in total. The van der Waals surface area contributed by atoms with Crippen LogP contribution in [0, 0.1) is 12.8 Å². The SMILES string of the molecule is Cc1cc(C(=O)NCc2cccc(OC(F)(F)F)c2)cc(CC(=O)CC2CC2)n1. The van der Waals surface area contributed by atoms with Gasteiger partial charge in [0.1, 0.15) is 11.5 Å². The molecule has 5 nitrogen and oxygen atoms in total. The Morgan fingerprint density at radius 3 is 2.66 bits per heavy atom. The molecule has 154 valence electrons. The van der Waals surface area contributed by atoms with Gasteiger partial charge < -0.3 is 10.1 Å². The van der Waals surface area contributed by atoms with Crippen LogP contribution in [0.15, 0.2) is 36.4 Å². The van der Waals surface area contributed by atoms with E-state index in [-0.39, 0.29) is 24.5 Å². The van der Waals surface area contributed by atoms with E-state index in [0.717, 1.165) is 12.8 Å². The van der Waals surface area contributed by atoms with Crippen molar-refractivity contribution in [1.82, 2.24) is 10.3 Å². The number of hydrogen-bond acceptors (Lipinski definition) is 4. The minimum absolute atomic E-state index is 0.0329. The molecule has 1 aromatic heterocycles. The molecular weight excluding hydrogens is 385 g/mol. The largest absolute Gasteiger partial charge is 0.573 e. The van der Waals surface area contributed by atoms with Crippen LogP contribution in [0.2, 0.25) is 0 Å². The minimum atomic E-state index is -4.77. The molecule has 0 saturated heterocycles. The number of ether oxygens (including phenoxy) is 1. The molecular formula is C21H21F3N2O3. The van der Waals surface area contributed by atoms with E-state index in [2.05, 4.69) is 15.0 Å². The number of carbonyl (C=O) groups excluding carboxylic acids is 2. The molecule has 1 amide bonds. The van der Waals surface area contributed by atoms with Crippen LogP contribution in [0.5, 0.6) is 5.75 Å². The molecule has 1 heterocycles. The normalized spacial score (nSPS) is 13.8. The summed E-state index contributed by atoms with van der Waals surface area (Å²) >= 11 is 0. The number of alkyl halides is 3. The summed E-state index contributed by atoms with van der Waals surface area (Å²) in [5.74, 6) is -0.139. The van der Waals surface area contributed by atoms with Crippen LogP contribution in [0.25, 0.3) is 0 Å². The summed E-state index contributed by atoms with van der Waals surface area (Å²) in [6.45, 7) is 1.77. The maximum Gasteiger partial charge on any atom is 0.573 e. The number of nitrogens with zero attached hydrogens (tertiary/aromatic N) is 1. The molecule has 0 atom stereocenters. The highest BCUT2D eigenvalue weighted by Crippen LogP contribution is 2.32. The fourth-order valence-electron chi connectivity index (χ4n) is 3.01. The summed E-state index contributed by atoms with van der Waals surface area (Å²) in [5.41, 5.74) is 1.98. The van der Waals surface area contributed by atoms with Crippen molar-refractivity contribution in [1.29, 1.82) is 0 Å². The molecule has 1 fully saturated rings. The van der Waals surface area contributed by atoms with Crippen LogP contribution in [0.4, 0.5) is 13.2 Å². The van der Waals surface area contributed by atoms with E-state index >= 15 is 0 Å². The molecule has 1 aliphatic rings. The number of halogens is 3. The fourth-order valence-corrected chi connectivity index (χ4v) is 3.01. The zero-order valence-corrected chi connectivity index (χ0v) is 15.9. The lowest BCUT2D eigenvalue weighted by atomic mass is 10.1. The number of aromatic nitrogens is 1. The number of aryl methyl sites for hydroxylation is 1. The molecule has 1 aliphatic carbocycles. The number of pyridine rings is 1. The summed E-state index contributed by atoms with van der Waals surface area (Å²) in [6.07, 6.45) is -1.85. The predicted molar refractivity (Wildman–Crippen MR) is 99.3 cm³/mol. The van der Waals surface area contributed by atoms with Gasteiger partial charge in [-0.15, -0.1) is 13.2 Å². The van der Waals surface area contributed by atoms with Gasteiger partial charge in [0.15, 0.2) is 0 Å². The van der Waals surface area contributed by atoms with Crippen molar-refractivity contribution in [2.75, 3.05) is 0 Å². The summed E-state index contributed by atoms with van der Waals surface area (Å²) < 4.78 is 40.9. The number of Topliss-reactive ketones (excluding diaryl/α,β-unsaturated/α-hetero) is 1. The van der Waals surface area contributed by atoms with Crippen LogP contribution in [0.1, 0.15) is 46.6 Å². The van der Waals surface area contributed by atoms with Crippen LogP contribution in [0.3, 0.4) is 0 Å². The lowest BCUT2D eigenvalue weighted by molar-refractivity contribution is -0.274. The molecule has 1 aromatic carbocycles. The van der Waals surface area contributed by atoms with Crippen LogP contribution >= 0.6 is 0 Å². The zero-order valence-electron chi connectivity index (χ0n) is 15.9. The van der Waals surface area contributed by atoms with Gasteiger partial charge in [0.05, 0.1) is 0 Å². The fraction of sp³-hybridized carbons (Fsp3) is 0.381. The van der Waals surface area contributed by atoms with E-state index in [4.69, 9.17) is 0 Å². The van der Waals surface area contributed by atoms with Crippen molar-refractivity contribution in [3.8, 4) is 5.75 Å². The van der Waals surface area contributed by atoms with Crippen LogP contribution < -0.4 is 10.1 Å². The number of rotatable bonds is 8. The van der Waals surface area contributed by atoms with Gasteiger partial charge in [-0.25, -0.2) is 0 Å². The molecule has 3 rings (SSSR count). The van der Waals surface area contributed by atoms with Gasteiger partial charge in [-0.2, -0.15) is 0 Å². The van der Waals surface area contributed by atoms with E-state index in [9.17, 15) is 22.8 Å². The van der Waals surface area contributed by atoms with E-state index in [1.54, 1.807) is 25.1 Å². The van der Waals surface area contributed by atoms with Crippen molar-refractivity contribution in [3.05, 3.63) is 58.9 Å². The highest BCUT2D eigenvalue weighted by Gasteiger charge is 2.31. The van der Waals surface area contributed by atoms with Gasteiger partial charge in [0.25, 0.3) is 5.91 Å². The molecule has 0 bridgehead atoms. The van der Waals surface area contributed by atoms with Crippen molar-refractivity contribution < 1.29 is 27.5 Å². The maximum absolute atomic E-state index is 12.5. The molecule has 0 spiro atoms. The van der Waals surface area contributed by atoms with Crippen molar-refractivity contribution in [2.24, 2.45) is 5.92 Å². The molecule has 29 heavy (non-hydrogen) atoms. The number of carbonyl (C=O) groups is 2. The lowest BCUT2D eigenvalue weighted by Gasteiger charge is -2.11. The Balaban J connectivity index is 1.61. The summed E-state index contributed by atoms with van der Waals surface area (Å²) in [7, 11) is 0. The Labute approximate surface area is 166 Å². The summed E-state index contributed by atoms with van der Waals surface area (Å²) in [6, 6.07) is 8.60. The first-order valence-electron chi connectivity index (χ1n) is 9.30. The Bertz CT molecular complexity index is 908. The van der Waals surface area contributed by atoms with Crippen molar-refractivity contribution in [2.45, 2.75) is 45.5 Å². The standard InChI is InChI=1S/C21H21F3N2O3/c1-13-7-16(10-17(26-13)11-18(27)8-14-5-6-14)20(28)25-12-15-3-2-4-19(9-15)29-21(22,23)24/h2-4,7,9-10,14H,5-6,8,11-12H2,1H3,(H,25,28). The zero-order chi connectivity index (χ0) is 21.0. The highest BCUT2D eigenvalue weighted by atomic mass is 19.4. The van der Waals surface area contributed by atoms with Gasteiger partial charge in [-0.1, -0.05) is 12.1 Å². The van der Waals surface area contributed by atoms with Crippen LogP contribution in [-0.2, 0) is 17.8 Å². The highest BCUT2D eigenvalue weighted by molar-refractivity contribution is 5.94. The smallest absolute Gasteiger partial charge is 0.406 e. The number of benzene rings is 1. The first-order valence-corrected chi connectivity index (χ1v) is 9.30. The quantitative estimate of drug-likeness (QED) is 0.716. The molecule has 8 heteroatoms. The predicted octanol–water partition coefficient (Wildman–Crippen LogP) is 4.13. The molecule has 0 aliphatic heterocycles. The number of hydrogen-bond donors (Lipinski definition) is 1. The monoisotopic (exact) mass is 406 g/mol. The van der Waals surface area contributed by atoms with E-state index < -0.39 is 12.3 Å². The van der Waals surface area contributed by atoms with Crippen molar-refractivity contribution >= 4 is 11.7 Å². The summed E-state index contributed by atoms with van der Waals surface area (Å²) in [4.78, 5) is 28.9. The average molecular weight is 406 g/mol.